The summed E-state index contributed by atoms with van der Waals surface area (Å²) < 4.78 is 0. The first-order chi connectivity index (χ1) is 18.7. The molecule has 0 aliphatic rings. The third-order valence-electron chi connectivity index (χ3n) is 7.24. The Balaban J connectivity index is 1.62. The lowest BCUT2D eigenvalue weighted by atomic mass is 9.84. The molecule has 0 spiro atoms. The van der Waals surface area contributed by atoms with E-state index in [2.05, 4.69) is 98.0 Å². The molecule has 2 heteroatoms. The number of aromatic nitrogens is 2. The number of nitrogens with zero attached hydrogens (tertiary/aromatic N) is 2. The average molecular weight is 487 g/mol. The first-order valence-electron chi connectivity index (χ1n) is 12.5. The van der Waals surface area contributed by atoms with Gasteiger partial charge in [-0.1, -0.05) is 105 Å². The Morgan fingerprint density at radius 3 is 2.03 bits per heavy atom. The second-order valence-corrected chi connectivity index (χ2v) is 9.22. The maximum atomic E-state index is 4.84. The first-order valence-corrected chi connectivity index (χ1v) is 12.5. The van der Waals surface area contributed by atoms with Crippen LogP contribution in [0.1, 0.15) is 22.3 Å². The monoisotopic (exact) mass is 486 g/mol. The molecule has 0 unspecified atom stereocenters. The Hall–Kier alpha value is -5.08. The molecule has 0 saturated carbocycles. The molecule has 6 aromatic rings. The van der Waals surface area contributed by atoms with Crippen LogP contribution in [0.25, 0.3) is 79.1 Å². The number of fused-ring (bicyclic) bond motifs is 4. The van der Waals surface area contributed by atoms with Gasteiger partial charge in [0, 0.05) is 28.7 Å². The predicted molar refractivity (Wildman–Crippen MR) is 166 cm³/mol. The highest BCUT2D eigenvalue weighted by atomic mass is 14.7. The summed E-state index contributed by atoms with van der Waals surface area (Å²) in [4.78, 5) is 9.41. The van der Waals surface area contributed by atoms with Crippen LogP contribution >= 0.6 is 0 Å². The molecule has 0 amide bonds. The van der Waals surface area contributed by atoms with Crippen molar-refractivity contribution in [1.29, 1.82) is 0 Å². The molecule has 0 radical (unpaired) electrons. The summed E-state index contributed by atoms with van der Waals surface area (Å²) in [5, 5.41) is 4.44. The van der Waals surface area contributed by atoms with Gasteiger partial charge >= 0.3 is 0 Å². The van der Waals surface area contributed by atoms with Crippen molar-refractivity contribution in [2.24, 2.45) is 0 Å². The van der Waals surface area contributed by atoms with Crippen LogP contribution in [0.15, 0.2) is 112 Å². The van der Waals surface area contributed by atoms with E-state index < -0.39 is 0 Å². The van der Waals surface area contributed by atoms with Crippen molar-refractivity contribution in [2.75, 3.05) is 0 Å². The number of rotatable bonds is 6. The third-order valence-corrected chi connectivity index (χ3v) is 7.24. The Morgan fingerprint density at radius 2 is 1.24 bits per heavy atom. The van der Waals surface area contributed by atoms with Crippen LogP contribution in [0, 0.1) is 0 Å². The van der Waals surface area contributed by atoms with Crippen molar-refractivity contribution < 1.29 is 0 Å². The van der Waals surface area contributed by atoms with Gasteiger partial charge in [0.15, 0.2) is 0 Å². The van der Waals surface area contributed by atoms with E-state index in [1.807, 2.05) is 42.8 Å². The lowest BCUT2D eigenvalue weighted by Crippen LogP contribution is -1.97. The van der Waals surface area contributed by atoms with Gasteiger partial charge in [-0.15, -0.1) is 0 Å². The Kier molecular flexibility index (Phi) is 5.78. The fourth-order valence-corrected chi connectivity index (χ4v) is 5.49. The molecule has 0 N–H and O–H groups in total. The SMILES string of the molecule is C=Cc1cc2ccccc2c(-c2ccc(-c3cnc4c(ccc5cccnc54)c3)c(C=C)c2C=C)c1C=C. The molecule has 0 aliphatic heterocycles. The van der Waals surface area contributed by atoms with E-state index in [4.69, 9.17) is 4.98 Å². The Labute approximate surface area is 222 Å². The van der Waals surface area contributed by atoms with E-state index in [9.17, 15) is 0 Å². The average Bonchev–Trinajstić information content (AvgIpc) is 2.98. The molecular formula is C36H26N2. The topological polar surface area (TPSA) is 25.8 Å². The summed E-state index contributed by atoms with van der Waals surface area (Å²) in [6, 6.07) is 25.3. The zero-order chi connectivity index (χ0) is 26.2. The second kappa shape index (κ2) is 9.42. The largest absolute Gasteiger partial charge is 0.254 e. The number of pyridine rings is 2. The lowest BCUT2D eigenvalue weighted by molar-refractivity contribution is 1.37. The number of benzene rings is 4. The quantitative estimate of drug-likeness (QED) is 0.219. The van der Waals surface area contributed by atoms with Gasteiger partial charge in [-0.05, 0) is 67.9 Å². The Morgan fingerprint density at radius 1 is 0.553 bits per heavy atom. The van der Waals surface area contributed by atoms with Gasteiger partial charge in [0.1, 0.15) is 0 Å². The van der Waals surface area contributed by atoms with Gasteiger partial charge in [-0.3, -0.25) is 9.97 Å². The van der Waals surface area contributed by atoms with Crippen LogP contribution < -0.4 is 0 Å². The van der Waals surface area contributed by atoms with Gasteiger partial charge in [0.25, 0.3) is 0 Å². The van der Waals surface area contributed by atoms with Gasteiger partial charge in [-0.2, -0.15) is 0 Å². The lowest BCUT2D eigenvalue weighted by Gasteiger charge is -2.20. The zero-order valence-corrected chi connectivity index (χ0v) is 21.1. The molecule has 0 saturated heterocycles. The summed E-state index contributed by atoms with van der Waals surface area (Å²) in [5.41, 5.74) is 10.2. The summed E-state index contributed by atoms with van der Waals surface area (Å²) in [5.74, 6) is 0. The summed E-state index contributed by atoms with van der Waals surface area (Å²) in [6.45, 7) is 16.6. The summed E-state index contributed by atoms with van der Waals surface area (Å²) >= 11 is 0. The van der Waals surface area contributed by atoms with Crippen molar-refractivity contribution in [2.45, 2.75) is 0 Å². The van der Waals surface area contributed by atoms with Crippen molar-refractivity contribution >= 4 is 56.9 Å². The molecule has 0 aliphatic carbocycles. The molecule has 2 aromatic heterocycles. The van der Waals surface area contributed by atoms with E-state index in [-0.39, 0.29) is 0 Å². The smallest absolute Gasteiger partial charge is 0.0964 e. The van der Waals surface area contributed by atoms with Gasteiger partial charge in [0.2, 0.25) is 0 Å². The number of hydrogen-bond acceptors (Lipinski definition) is 2. The maximum Gasteiger partial charge on any atom is 0.0964 e. The van der Waals surface area contributed by atoms with E-state index in [0.717, 1.165) is 77.1 Å². The van der Waals surface area contributed by atoms with Crippen LogP contribution in [0.5, 0.6) is 0 Å². The molecule has 4 aromatic carbocycles. The second-order valence-electron chi connectivity index (χ2n) is 9.22. The van der Waals surface area contributed by atoms with Crippen molar-refractivity contribution in [3.8, 4) is 22.3 Å². The van der Waals surface area contributed by atoms with Crippen LogP contribution in [0.2, 0.25) is 0 Å². The van der Waals surface area contributed by atoms with Crippen molar-refractivity contribution in [1.82, 2.24) is 9.97 Å². The highest BCUT2D eigenvalue weighted by molar-refractivity contribution is 6.07. The Bertz CT molecular complexity index is 1940. The molecular weight excluding hydrogens is 460 g/mol. The summed E-state index contributed by atoms with van der Waals surface area (Å²) in [7, 11) is 0. The normalized spacial score (nSPS) is 11.1. The molecule has 2 heterocycles. The molecule has 0 bridgehead atoms. The van der Waals surface area contributed by atoms with Gasteiger partial charge < -0.3 is 0 Å². The number of hydrogen-bond donors (Lipinski definition) is 0. The molecule has 180 valence electrons. The van der Waals surface area contributed by atoms with E-state index >= 15 is 0 Å². The minimum absolute atomic E-state index is 0.899. The fourth-order valence-electron chi connectivity index (χ4n) is 5.49. The zero-order valence-electron chi connectivity index (χ0n) is 21.1. The first kappa shape index (κ1) is 23.3. The molecule has 38 heavy (non-hydrogen) atoms. The molecule has 0 atom stereocenters. The van der Waals surface area contributed by atoms with E-state index in [1.54, 1.807) is 0 Å². The van der Waals surface area contributed by atoms with Crippen LogP contribution in [-0.2, 0) is 0 Å². The molecule has 0 fully saturated rings. The highest BCUT2D eigenvalue weighted by Crippen LogP contribution is 2.42. The standard InChI is InChI=1S/C36H26N2/c1-5-23-20-25-12-9-10-14-32(25)34(28(23)6-2)33-18-17-31(29(7-3)30(33)8-4)27-21-26-16-15-24-13-11-19-37-35(24)36(26)38-22-27/h5-22H,1-4H2. The third kappa shape index (κ3) is 3.58. The van der Waals surface area contributed by atoms with Crippen molar-refractivity contribution in [3.05, 3.63) is 134 Å². The van der Waals surface area contributed by atoms with Crippen molar-refractivity contribution in [3.63, 3.8) is 0 Å². The van der Waals surface area contributed by atoms with Crippen LogP contribution in [0.3, 0.4) is 0 Å². The van der Waals surface area contributed by atoms with E-state index in [0.29, 0.717) is 0 Å². The molecule has 2 nitrogen and oxygen atoms in total. The highest BCUT2D eigenvalue weighted by Gasteiger charge is 2.18. The van der Waals surface area contributed by atoms with Gasteiger partial charge in [-0.25, -0.2) is 0 Å². The van der Waals surface area contributed by atoms with Crippen LogP contribution in [0.4, 0.5) is 0 Å². The van der Waals surface area contributed by atoms with E-state index in [1.165, 1.54) is 0 Å². The predicted octanol–water partition coefficient (Wildman–Crippen LogP) is 9.84. The maximum absolute atomic E-state index is 4.84. The van der Waals surface area contributed by atoms with Crippen LogP contribution in [-0.4, -0.2) is 9.97 Å². The molecule has 6 rings (SSSR count). The minimum Gasteiger partial charge on any atom is -0.254 e. The fraction of sp³-hybridized carbons (Fsp3) is 0. The summed E-state index contributed by atoms with van der Waals surface area (Å²) in [6.07, 6.45) is 11.4. The minimum atomic E-state index is 0.899. The van der Waals surface area contributed by atoms with Gasteiger partial charge in [0.05, 0.1) is 11.0 Å².